The largest absolute Gasteiger partial charge is 0.507 e. The van der Waals surface area contributed by atoms with Gasteiger partial charge in [0.05, 0.1) is 0 Å². The lowest BCUT2D eigenvalue weighted by Gasteiger charge is -2.46. The predicted octanol–water partition coefficient (Wildman–Crippen LogP) is 10.6. The number of phenolic OH excluding ortho intramolecular Hbond substituents is 2. The Bertz CT molecular complexity index is 1140. The van der Waals surface area contributed by atoms with Gasteiger partial charge < -0.3 is 10.2 Å². The molecule has 2 aromatic rings. The molecule has 0 unspecified atom stereocenters. The van der Waals surface area contributed by atoms with Crippen LogP contribution >= 0.6 is 69.6 Å². The van der Waals surface area contributed by atoms with E-state index in [1.807, 2.05) is 27.7 Å². The first-order valence-corrected chi connectivity index (χ1v) is 14.4. The lowest BCUT2D eigenvalue weighted by molar-refractivity contribution is 0.458. The summed E-state index contributed by atoms with van der Waals surface area (Å²) in [7, 11) is 0. The number of phenols is 2. The van der Waals surface area contributed by atoms with Crippen LogP contribution in [0.1, 0.15) is 61.1 Å². The van der Waals surface area contributed by atoms with Gasteiger partial charge in [-0.1, -0.05) is 142 Å². The van der Waals surface area contributed by atoms with Crippen molar-refractivity contribution in [2.45, 2.75) is 66.4 Å². The summed E-state index contributed by atoms with van der Waals surface area (Å²) in [5, 5.41) is 22.3. The molecule has 0 spiro atoms. The first kappa shape index (κ1) is 33.9. The van der Waals surface area contributed by atoms with Gasteiger partial charge in [0.1, 0.15) is 16.9 Å². The van der Waals surface area contributed by atoms with Gasteiger partial charge in [-0.05, 0) is 86.8 Å². The highest BCUT2D eigenvalue weighted by Gasteiger charge is 2.63. The number of allylic oxidation sites excluding steroid dienone is 4. The SMILES string of the molecule is C=C(C)Cc1cc(C(c2cc(CC(=C)C)c(O)c(CC(=C)C)c2)(C(Cl)(Cl)Cl)C(Cl)(Cl)Cl)cc(CC(=C)C)c1O. The lowest BCUT2D eigenvalue weighted by Crippen LogP contribution is -2.52. The minimum atomic E-state index is -2.21. The van der Waals surface area contributed by atoms with Gasteiger partial charge in [0, 0.05) is 0 Å². The fraction of sp³-hybridized carbons (Fsp3) is 0.355. The van der Waals surface area contributed by atoms with Crippen LogP contribution in [-0.4, -0.2) is 17.8 Å². The molecule has 0 saturated carbocycles. The second kappa shape index (κ2) is 12.7. The monoisotopic (exact) mass is 648 g/mol. The molecule has 0 atom stereocenters. The Balaban J connectivity index is 3.20. The highest BCUT2D eigenvalue weighted by molar-refractivity contribution is 6.74. The highest BCUT2D eigenvalue weighted by Crippen LogP contribution is 2.63. The van der Waals surface area contributed by atoms with Crippen LogP contribution in [0.2, 0.25) is 0 Å². The summed E-state index contributed by atoms with van der Waals surface area (Å²) in [6.07, 6.45) is 1.37. The Morgan fingerprint density at radius 1 is 0.538 bits per heavy atom. The molecule has 0 aliphatic heterocycles. The molecular formula is C31H34Cl6O2. The normalized spacial score (nSPS) is 12.4. The lowest BCUT2D eigenvalue weighted by atomic mass is 9.73. The summed E-state index contributed by atoms with van der Waals surface area (Å²) in [6, 6.07) is 6.72. The summed E-state index contributed by atoms with van der Waals surface area (Å²) >= 11 is 40.8. The maximum atomic E-state index is 11.1. The Hall–Kier alpha value is -1.26. The molecule has 0 heterocycles. The number of halogens is 6. The van der Waals surface area contributed by atoms with E-state index in [9.17, 15) is 10.2 Å². The third-order valence-corrected chi connectivity index (χ3v) is 7.92. The summed E-state index contributed by atoms with van der Waals surface area (Å²) in [6.45, 7) is 23.3. The molecule has 0 aliphatic carbocycles. The van der Waals surface area contributed by atoms with Crippen LogP contribution in [0, 0.1) is 0 Å². The number of hydrogen-bond donors (Lipinski definition) is 2. The summed E-state index contributed by atoms with van der Waals surface area (Å²) < 4.78 is -4.43. The minimum absolute atomic E-state index is 0.0731. The van der Waals surface area contributed by atoms with Crippen LogP contribution in [0.15, 0.2) is 72.9 Å². The van der Waals surface area contributed by atoms with Crippen molar-refractivity contribution in [3.8, 4) is 11.5 Å². The van der Waals surface area contributed by atoms with Crippen LogP contribution in [0.5, 0.6) is 11.5 Å². The van der Waals surface area contributed by atoms with E-state index in [0.29, 0.717) is 59.1 Å². The quantitative estimate of drug-likeness (QED) is 0.198. The Morgan fingerprint density at radius 3 is 0.897 bits per heavy atom. The van der Waals surface area contributed by atoms with Gasteiger partial charge in [0.15, 0.2) is 0 Å². The summed E-state index contributed by atoms with van der Waals surface area (Å²) in [5.41, 5.74) is 4.17. The highest BCUT2D eigenvalue weighted by atomic mass is 35.6. The standard InChI is InChI=1S/C31H34Cl6O2/c1-17(2)9-21-13-25(14-22(27(21)38)10-18(3)4)29(30(32,33)34,31(35,36)37)26-15-23(11-19(5)6)28(39)24(16-26)12-20(7)8/h13-16,38-39H,1,3,5,7,9-12H2,2,4,6,8H3. The van der Waals surface area contributed by atoms with Crippen LogP contribution < -0.4 is 0 Å². The van der Waals surface area contributed by atoms with Crippen LogP contribution in [0.25, 0.3) is 0 Å². The first-order chi connectivity index (χ1) is 17.7. The smallest absolute Gasteiger partial charge is 0.208 e. The van der Waals surface area contributed by atoms with Crippen LogP contribution in [0.3, 0.4) is 0 Å². The maximum absolute atomic E-state index is 11.1. The third kappa shape index (κ3) is 7.53. The van der Waals surface area contributed by atoms with Crippen molar-refractivity contribution in [1.29, 1.82) is 0 Å². The topological polar surface area (TPSA) is 40.5 Å². The van der Waals surface area contributed by atoms with Crippen LogP contribution in [0.4, 0.5) is 0 Å². The van der Waals surface area contributed by atoms with Gasteiger partial charge in [0.2, 0.25) is 7.59 Å². The molecule has 8 heteroatoms. The van der Waals surface area contributed by atoms with Gasteiger partial charge in [-0.2, -0.15) is 0 Å². The second-order valence-corrected chi connectivity index (χ2v) is 15.1. The van der Waals surface area contributed by atoms with Crippen molar-refractivity contribution < 1.29 is 10.2 Å². The number of alkyl halides is 6. The predicted molar refractivity (Wildman–Crippen MR) is 172 cm³/mol. The average molecular weight is 651 g/mol. The molecule has 0 amide bonds. The number of hydrogen-bond acceptors (Lipinski definition) is 2. The van der Waals surface area contributed by atoms with Gasteiger partial charge in [-0.15, -0.1) is 0 Å². The molecule has 2 nitrogen and oxygen atoms in total. The van der Waals surface area contributed by atoms with Crippen molar-refractivity contribution in [2.24, 2.45) is 0 Å². The molecule has 0 bridgehead atoms. The zero-order valence-electron chi connectivity index (χ0n) is 22.6. The molecule has 0 radical (unpaired) electrons. The number of benzene rings is 2. The Kier molecular flexibility index (Phi) is 11.1. The van der Waals surface area contributed by atoms with E-state index in [0.717, 1.165) is 22.3 Å². The third-order valence-electron chi connectivity index (χ3n) is 6.22. The number of aromatic hydroxyl groups is 2. The minimum Gasteiger partial charge on any atom is -0.507 e. The molecular weight excluding hydrogens is 617 g/mol. The fourth-order valence-electron chi connectivity index (χ4n) is 4.77. The van der Waals surface area contributed by atoms with E-state index in [4.69, 9.17) is 69.6 Å². The molecule has 2 aromatic carbocycles. The Morgan fingerprint density at radius 2 is 0.744 bits per heavy atom. The van der Waals surface area contributed by atoms with Crippen molar-refractivity contribution >= 4 is 69.6 Å². The molecule has 0 aliphatic rings. The molecule has 0 aromatic heterocycles. The van der Waals surface area contributed by atoms with Gasteiger partial charge in [-0.3, -0.25) is 0 Å². The van der Waals surface area contributed by atoms with E-state index in [2.05, 4.69) is 26.3 Å². The summed E-state index contributed by atoms with van der Waals surface area (Å²) in [4.78, 5) is 0. The van der Waals surface area contributed by atoms with Crippen LogP contribution in [-0.2, 0) is 31.1 Å². The molecule has 0 saturated heterocycles. The molecule has 39 heavy (non-hydrogen) atoms. The average Bonchev–Trinajstić information content (AvgIpc) is 2.71. The number of rotatable bonds is 10. The Labute approximate surface area is 262 Å². The van der Waals surface area contributed by atoms with E-state index >= 15 is 0 Å². The van der Waals surface area contributed by atoms with E-state index < -0.39 is 13.0 Å². The maximum Gasteiger partial charge on any atom is 0.208 e. The van der Waals surface area contributed by atoms with E-state index in [1.54, 1.807) is 24.3 Å². The molecule has 2 rings (SSSR count). The zero-order chi connectivity index (χ0) is 30.1. The second-order valence-electron chi connectivity index (χ2n) is 10.6. The van der Waals surface area contributed by atoms with Crippen molar-refractivity contribution in [1.82, 2.24) is 0 Å². The van der Waals surface area contributed by atoms with Gasteiger partial charge in [0.25, 0.3) is 0 Å². The van der Waals surface area contributed by atoms with E-state index in [-0.39, 0.29) is 11.5 Å². The zero-order valence-corrected chi connectivity index (χ0v) is 27.2. The first-order valence-electron chi connectivity index (χ1n) is 12.1. The fourth-order valence-corrected chi connectivity index (χ4v) is 7.37. The van der Waals surface area contributed by atoms with Crippen molar-refractivity contribution in [3.63, 3.8) is 0 Å². The van der Waals surface area contributed by atoms with Gasteiger partial charge in [-0.25, -0.2) is 0 Å². The summed E-state index contributed by atoms with van der Waals surface area (Å²) in [5.74, 6) is 0.146. The van der Waals surface area contributed by atoms with Crippen molar-refractivity contribution in [2.75, 3.05) is 0 Å². The van der Waals surface area contributed by atoms with Crippen molar-refractivity contribution in [3.05, 3.63) is 106 Å². The molecule has 212 valence electrons. The molecule has 0 fully saturated rings. The van der Waals surface area contributed by atoms with Gasteiger partial charge >= 0.3 is 0 Å². The molecule has 2 N–H and O–H groups in total. The van der Waals surface area contributed by atoms with E-state index in [1.165, 1.54) is 0 Å².